The molecule has 1 atom stereocenters. The van der Waals surface area contributed by atoms with Crippen molar-refractivity contribution in [2.45, 2.75) is 12.8 Å². The normalized spacial score (nSPS) is 13.0. The number of aliphatic hydroxyl groups is 1. The topological polar surface area (TPSA) is 20.2 Å². The van der Waals surface area contributed by atoms with Gasteiger partial charge in [-0.05, 0) is 27.6 Å². The van der Waals surface area contributed by atoms with Gasteiger partial charge < -0.3 is 5.11 Å². The third-order valence-electron chi connectivity index (χ3n) is 1.79. The summed E-state index contributed by atoms with van der Waals surface area (Å²) < 4.78 is 13.4. The molecule has 0 heterocycles. The average Bonchev–Trinajstić information content (AvgIpc) is 2.08. The highest BCUT2D eigenvalue weighted by Crippen LogP contribution is 2.26. The van der Waals surface area contributed by atoms with Crippen molar-refractivity contribution in [1.82, 2.24) is 0 Å². The van der Waals surface area contributed by atoms with E-state index in [0.717, 1.165) is 5.56 Å². The summed E-state index contributed by atoms with van der Waals surface area (Å²) in [4.78, 5) is 0. The van der Waals surface area contributed by atoms with Gasteiger partial charge >= 0.3 is 0 Å². The van der Waals surface area contributed by atoms with E-state index < -0.39 is 0 Å². The number of rotatable bonds is 2. The second-order valence-electron chi connectivity index (χ2n) is 2.73. The molecule has 1 aromatic carbocycles. The first-order valence-electron chi connectivity index (χ1n) is 3.71. The van der Waals surface area contributed by atoms with Crippen LogP contribution in [0.2, 0.25) is 0 Å². The van der Waals surface area contributed by atoms with Crippen molar-refractivity contribution >= 4 is 15.9 Å². The first kappa shape index (κ1) is 9.68. The van der Waals surface area contributed by atoms with Crippen LogP contribution in [0.25, 0.3) is 0 Å². The molecule has 0 saturated heterocycles. The van der Waals surface area contributed by atoms with Crippen molar-refractivity contribution in [1.29, 1.82) is 0 Å². The number of halogens is 2. The highest BCUT2D eigenvalue weighted by atomic mass is 79.9. The molecule has 0 radical (unpaired) electrons. The molecule has 0 aliphatic carbocycles. The predicted molar refractivity (Wildman–Crippen MR) is 49.6 cm³/mol. The molecule has 1 unspecified atom stereocenters. The number of benzene rings is 1. The van der Waals surface area contributed by atoms with Crippen LogP contribution in [0.5, 0.6) is 0 Å². The zero-order valence-electron chi connectivity index (χ0n) is 6.72. The van der Waals surface area contributed by atoms with Gasteiger partial charge in [0.2, 0.25) is 0 Å². The van der Waals surface area contributed by atoms with Crippen LogP contribution in [0.15, 0.2) is 22.7 Å². The van der Waals surface area contributed by atoms with E-state index in [1.54, 1.807) is 12.1 Å². The van der Waals surface area contributed by atoms with E-state index in [0.29, 0.717) is 4.47 Å². The van der Waals surface area contributed by atoms with Crippen molar-refractivity contribution < 1.29 is 9.50 Å². The van der Waals surface area contributed by atoms with Gasteiger partial charge in [0, 0.05) is 12.5 Å². The van der Waals surface area contributed by atoms with E-state index in [1.807, 2.05) is 6.92 Å². The average molecular weight is 233 g/mol. The Morgan fingerprint density at radius 3 is 2.83 bits per heavy atom. The fourth-order valence-electron chi connectivity index (χ4n) is 0.999. The van der Waals surface area contributed by atoms with Gasteiger partial charge in [0.1, 0.15) is 5.82 Å². The van der Waals surface area contributed by atoms with Crippen LogP contribution in [-0.4, -0.2) is 11.7 Å². The molecule has 1 N–H and O–H groups in total. The maximum absolute atomic E-state index is 12.9. The number of aliphatic hydroxyl groups excluding tert-OH is 1. The van der Waals surface area contributed by atoms with Crippen LogP contribution in [0.4, 0.5) is 4.39 Å². The van der Waals surface area contributed by atoms with Gasteiger partial charge in [-0.3, -0.25) is 0 Å². The van der Waals surface area contributed by atoms with Gasteiger partial charge in [-0.1, -0.05) is 19.1 Å². The Balaban J connectivity index is 3.07. The summed E-state index contributed by atoms with van der Waals surface area (Å²) in [7, 11) is 0. The third kappa shape index (κ3) is 1.84. The fourth-order valence-corrected chi connectivity index (χ4v) is 1.65. The van der Waals surface area contributed by atoms with Crippen LogP contribution < -0.4 is 0 Å². The van der Waals surface area contributed by atoms with Crippen LogP contribution in [0.1, 0.15) is 18.4 Å². The molecule has 0 saturated carbocycles. The Morgan fingerprint density at radius 1 is 1.58 bits per heavy atom. The molecule has 0 aliphatic heterocycles. The first-order valence-corrected chi connectivity index (χ1v) is 4.51. The highest BCUT2D eigenvalue weighted by Gasteiger charge is 2.10. The summed E-state index contributed by atoms with van der Waals surface area (Å²) in [6, 6.07) is 4.83. The summed E-state index contributed by atoms with van der Waals surface area (Å²) in [6.07, 6.45) is 0. The van der Waals surface area contributed by atoms with Crippen molar-refractivity contribution in [3.63, 3.8) is 0 Å². The van der Waals surface area contributed by atoms with Gasteiger partial charge in [-0.15, -0.1) is 0 Å². The van der Waals surface area contributed by atoms with Crippen molar-refractivity contribution in [3.8, 4) is 0 Å². The maximum atomic E-state index is 12.9. The number of hydrogen-bond acceptors (Lipinski definition) is 1. The van der Waals surface area contributed by atoms with Gasteiger partial charge in [0.25, 0.3) is 0 Å². The molecular formula is C9H10BrFO. The lowest BCUT2D eigenvalue weighted by molar-refractivity contribution is 0.272. The Hall–Kier alpha value is -0.410. The largest absolute Gasteiger partial charge is 0.396 e. The summed E-state index contributed by atoms with van der Waals surface area (Å²) in [5, 5.41) is 8.86. The quantitative estimate of drug-likeness (QED) is 0.832. The smallest absolute Gasteiger partial charge is 0.137 e. The minimum absolute atomic E-state index is 0.0298. The first-order chi connectivity index (χ1) is 5.66. The minimum Gasteiger partial charge on any atom is -0.396 e. The Labute approximate surface area is 79.4 Å². The lowest BCUT2D eigenvalue weighted by atomic mass is 10.0. The van der Waals surface area contributed by atoms with Gasteiger partial charge in [0.05, 0.1) is 4.47 Å². The molecule has 0 aromatic heterocycles. The van der Waals surface area contributed by atoms with Gasteiger partial charge in [-0.25, -0.2) is 4.39 Å². The molecule has 0 aliphatic rings. The van der Waals surface area contributed by atoms with E-state index in [-0.39, 0.29) is 18.3 Å². The van der Waals surface area contributed by atoms with Crippen LogP contribution in [0, 0.1) is 5.82 Å². The number of hydrogen-bond donors (Lipinski definition) is 1. The molecule has 1 aromatic rings. The highest BCUT2D eigenvalue weighted by molar-refractivity contribution is 9.10. The zero-order valence-corrected chi connectivity index (χ0v) is 8.31. The molecule has 0 bridgehead atoms. The lowest BCUT2D eigenvalue weighted by Crippen LogP contribution is -2.00. The van der Waals surface area contributed by atoms with E-state index in [2.05, 4.69) is 15.9 Å². The Bertz CT molecular complexity index is 275. The molecule has 3 heteroatoms. The van der Waals surface area contributed by atoms with Crippen molar-refractivity contribution in [3.05, 3.63) is 34.1 Å². The summed E-state index contributed by atoms with van der Waals surface area (Å²) >= 11 is 3.14. The molecule has 1 nitrogen and oxygen atoms in total. The molecule has 12 heavy (non-hydrogen) atoms. The van der Waals surface area contributed by atoms with Crippen LogP contribution in [-0.2, 0) is 0 Å². The fraction of sp³-hybridized carbons (Fsp3) is 0.333. The summed E-state index contributed by atoms with van der Waals surface area (Å²) in [6.45, 7) is 1.88. The Morgan fingerprint density at radius 2 is 2.25 bits per heavy atom. The third-order valence-corrected chi connectivity index (χ3v) is 2.62. The van der Waals surface area contributed by atoms with Crippen LogP contribution >= 0.6 is 15.9 Å². The molecule has 0 amide bonds. The maximum Gasteiger partial charge on any atom is 0.137 e. The molecule has 66 valence electrons. The van der Waals surface area contributed by atoms with Crippen molar-refractivity contribution in [2.75, 3.05) is 6.61 Å². The minimum atomic E-state index is -0.284. The molecule has 1 rings (SSSR count). The van der Waals surface area contributed by atoms with Crippen LogP contribution in [0.3, 0.4) is 0 Å². The molecule has 0 spiro atoms. The summed E-state index contributed by atoms with van der Waals surface area (Å²) in [5.41, 5.74) is 0.803. The van der Waals surface area contributed by atoms with Gasteiger partial charge in [0.15, 0.2) is 0 Å². The van der Waals surface area contributed by atoms with E-state index >= 15 is 0 Å². The zero-order chi connectivity index (χ0) is 9.14. The van der Waals surface area contributed by atoms with E-state index in [4.69, 9.17) is 5.11 Å². The molecule has 0 fully saturated rings. The SMILES string of the molecule is CC(CO)c1cccc(F)c1Br. The second-order valence-corrected chi connectivity index (χ2v) is 3.52. The molecular weight excluding hydrogens is 223 g/mol. The lowest BCUT2D eigenvalue weighted by Gasteiger charge is -2.10. The second kappa shape index (κ2) is 4.01. The Kier molecular flexibility index (Phi) is 3.23. The van der Waals surface area contributed by atoms with Crippen molar-refractivity contribution in [2.24, 2.45) is 0 Å². The predicted octanol–water partition coefficient (Wildman–Crippen LogP) is 2.68. The monoisotopic (exact) mass is 232 g/mol. The summed E-state index contributed by atoms with van der Waals surface area (Å²) in [5.74, 6) is -0.317. The standard InChI is InChI=1S/C9H10BrFO/c1-6(5-12)7-3-2-4-8(11)9(7)10/h2-4,6,12H,5H2,1H3. The van der Waals surface area contributed by atoms with E-state index in [1.165, 1.54) is 6.07 Å². The van der Waals surface area contributed by atoms with Gasteiger partial charge in [-0.2, -0.15) is 0 Å². The van der Waals surface area contributed by atoms with E-state index in [9.17, 15) is 4.39 Å².